The molecule has 3 rings (SSSR count). The van der Waals surface area contributed by atoms with E-state index >= 15 is 0 Å². The second-order valence-electron chi connectivity index (χ2n) is 5.37. The van der Waals surface area contributed by atoms with E-state index in [9.17, 15) is 4.79 Å². The molecule has 0 radical (unpaired) electrons. The van der Waals surface area contributed by atoms with Gasteiger partial charge in [0.05, 0.1) is 0 Å². The number of para-hydroxylation sites is 1. The van der Waals surface area contributed by atoms with E-state index in [4.69, 9.17) is 0 Å². The molecule has 0 atom stereocenters. The van der Waals surface area contributed by atoms with Gasteiger partial charge in [-0.05, 0) is 11.6 Å². The van der Waals surface area contributed by atoms with Crippen LogP contribution in [0.4, 0.5) is 0 Å². The van der Waals surface area contributed by atoms with Crippen LogP contribution in [0.2, 0.25) is 0 Å². The van der Waals surface area contributed by atoms with Crippen LogP contribution in [0.25, 0.3) is 10.9 Å². The standard InChI is InChI=1S/C16H21N3O/c1-2-16(20)19-9-7-18(8-10-19)12-13-11-17-15-6-4-3-5-14(13)15/h3-6,11,17H,2,7-10,12H2,1H3. The molecule has 2 heterocycles. The van der Waals surface area contributed by atoms with Crippen molar-refractivity contribution in [3.05, 3.63) is 36.0 Å². The van der Waals surface area contributed by atoms with Gasteiger partial charge in [-0.2, -0.15) is 0 Å². The third-order valence-electron chi connectivity index (χ3n) is 4.10. The summed E-state index contributed by atoms with van der Waals surface area (Å²) in [6.45, 7) is 6.53. The Hall–Kier alpha value is -1.81. The van der Waals surface area contributed by atoms with Gasteiger partial charge in [0.2, 0.25) is 5.91 Å². The lowest BCUT2D eigenvalue weighted by Crippen LogP contribution is -2.48. The molecule has 0 spiro atoms. The number of carbonyl (C=O) groups is 1. The highest BCUT2D eigenvalue weighted by Gasteiger charge is 2.20. The first kappa shape index (κ1) is 13.2. The molecule has 1 fully saturated rings. The van der Waals surface area contributed by atoms with Crippen LogP contribution in [0.15, 0.2) is 30.5 Å². The van der Waals surface area contributed by atoms with Gasteiger partial charge < -0.3 is 9.88 Å². The lowest BCUT2D eigenvalue weighted by atomic mass is 10.1. The molecule has 1 aromatic heterocycles. The van der Waals surface area contributed by atoms with Crippen molar-refractivity contribution in [2.24, 2.45) is 0 Å². The highest BCUT2D eigenvalue weighted by molar-refractivity contribution is 5.83. The van der Waals surface area contributed by atoms with Crippen LogP contribution in [0.5, 0.6) is 0 Å². The maximum atomic E-state index is 11.7. The summed E-state index contributed by atoms with van der Waals surface area (Å²) < 4.78 is 0. The lowest BCUT2D eigenvalue weighted by molar-refractivity contribution is -0.132. The fourth-order valence-corrected chi connectivity index (χ4v) is 2.88. The largest absolute Gasteiger partial charge is 0.361 e. The van der Waals surface area contributed by atoms with Crippen LogP contribution in [0.3, 0.4) is 0 Å². The van der Waals surface area contributed by atoms with Crippen LogP contribution in [-0.4, -0.2) is 46.9 Å². The van der Waals surface area contributed by atoms with Gasteiger partial charge in [0, 0.05) is 56.2 Å². The first-order valence-electron chi connectivity index (χ1n) is 7.33. The minimum Gasteiger partial charge on any atom is -0.361 e. The first-order chi connectivity index (χ1) is 9.78. The van der Waals surface area contributed by atoms with Crippen LogP contribution >= 0.6 is 0 Å². The summed E-state index contributed by atoms with van der Waals surface area (Å²) in [7, 11) is 0. The van der Waals surface area contributed by atoms with E-state index in [1.807, 2.05) is 11.8 Å². The summed E-state index contributed by atoms with van der Waals surface area (Å²) in [6.07, 6.45) is 2.72. The summed E-state index contributed by atoms with van der Waals surface area (Å²) in [5.41, 5.74) is 2.54. The van der Waals surface area contributed by atoms with Crippen LogP contribution in [0, 0.1) is 0 Å². The number of nitrogens with one attached hydrogen (secondary N) is 1. The van der Waals surface area contributed by atoms with E-state index in [1.165, 1.54) is 16.5 Å². The number of aromatic nitrogens is 1. The zero-order valence-electron chi connectivity index (χ0n) is 11.9. The van der Waals surface area contributed by atoms with Gasteiger partial charge in [-0.3, -0.25) is 9.69 Å². The maximum absolute atomic E-state index is 11.7. The molecule has 1 aliphatic rings. The summed E-state index contributed by atoms with van der Waals surface area (Å²) in [5.74, 6) is 0.275. The van der Waals surface area contributed by atoms with Crippen LogP contribution < -0.4 is 0 Å². The summed E-state index contributed by atoms with van der Waals surface area (Å²) >= 11 is 0. The van der Waals surface area contributed by atoms with Crippen molar-refractivity contribution in [1.82, 2.24) is 14.8 Å². The average molecular weight is 271 g/mol. The van der Waals surface area contributed by atoms with Crippen molar-refractivity contribution in [3.63, 3.8) is 0 Å². The van der Waals surface area contributed by atoms with E-state index in [1.54, 1.807) is 0 Å². The predicted octanol–water partition coefficient (Wildman–Crippen LogP) is 2.22. The van der Waals surface area contributed by atoms with Gasteiger partial charge in [-0.15, -0.1) is 0 Å². The topological polar surface area (TPSA) is 39.3 Å². The van der Waals surface area contributed by atoms with Gasteiger partial charge in [0.25, 0.3) is 0 Å². The van der Waals surface area contributed by atoms with Gasteiger partial charge in [-0.1, -0.05) is 25.1 Å². The van der Waals surface area contributed by atoms with Crippen molar-refractivity contribution in [3.8, 4) is 0 Å². The molecule has 0 bridgehead atoms. The van der Waals surface area contributed by atoms with Gasteiger partial charge in [0.1, 0.15) is 0 Å². The summed E-state index contributed by atoms with van der Waals surface area (Å²) in [5, 5.41) is 1.31. The highest BCUT2D eigenvalue weighted by atomic mass is 16.2. The molecule has 20 heavy (non-hydrogen) atoms. The van der Waals surface area contributed by atoms with Crippen LogP contribution in [-0.2, 0) is 11.3 Å². The van der Waals surface area contributed by atoms with Crippen molar-refractivity contribution in [2.45, 2.75) is 19.9 Å². The van der Waals surface area contributed by atoms with E-state index in [-0.39, 0.29) is 5.91 Å². The number of fused-ring (bicyclic) bond motifs is 1. The number of amides is 1. The number of piperazine rings is 1. The molecule has 1 aliphatic heterocycles. The Kier molecular flexibility index (Phi) is 3.74. The van der Waals surface area contributed by atoms with Crippen molar-refractivity contribution in [2.75, 3.05) is 26.2 Å². The molecule has 0 saturated carbocycles. The molecule has 106 valence electrons. The van der Waals surface area contributed by atoms with E-state index in [0.29, 0.717) is 6.42 Å². The number of rotatable bonds is 3. The summed E-state index contributed by atoms with van der Waals surface area (Å²) in [4.78, 5) is 19.4. The SMILES string of the molecule is CCC(=O)N1CCN(Cc2c[nH]c3ccccc23)CC1. The predicted molar refractivity (Wildman–Crippen MR) is 80.4 cm³/mol. The van der Waals surface area contributed by atoms with Crippen LogP contribution in [0.1, 0.15) is 18.9 Å². The van der Waals surface area contributed by atoms with Crippen molar-refractivity contribution >= 4 is 16.8 Å². The van der Waals surface area contributed by atoms with Crippen molar-refractivity contribution < 1.29 is 4.79 Å². The number of hydrogen-bond acceptors (Lipinski definition) is 2. The molecule has 4 nitrogen and oxygen atoms in total. The Morgan fingerprint density at radius 3 is 2.70 bits per heavy atom. The smallest absolute Gasteiger partial charge is 0.222 e. The van der Waals surface area contributed by atoms with Gasteiger partial charge in [0.15, 0.2) is 0 Å². The number of H-pyrrole nitrogens is 1. The first-order valence-corrected chi connectivity index (χ1v) is 7.33. The molecule has 1 saturated heterocycles. The number of aromatic amines is 1. The Morgan fingerprint density at radius 1 is 1.20 bits per heavy atom. The molecular weight excluding hydrogens is 250 g/mol. The molecule has 4 heteroatoms. The molecule has 2 aromatic rings. The monoisotopic (exact) mass is 271 g/mol. The van der Waals surface area contributed by atoms with Gasteiger partial charge >= 0.3 is 0 Å². The molecule has 0 unspecified atom stereocenters. The fraction of sp³-hybridized carbons (Fsp3) is 0.438. The Balaban J connectivity index is 1.64. The maximum Gasteiger partial charge on any atom is 0.222 e. The molecular formula is C16H21N3O. The minimum absolute atomic E-state index is 0.275. The molecule has 1 amide bonds. The van der Waals surface area contributed by atoms with Crippen molar-refractivity contribution in [1.29, 1.82) is 0 Å². The normalized spacial score (nSPS) is 16.8. The number of carbonyl (C=O) groups excluding carboxylic acids is 1. The number of benzene rings is 1. The second kappa shape index (κ2) is 5.67. The second-order valence-corrected chi connectivity index (χ2v) is 5.37. The van der Waals surface area contributed by atoms with Gasteiger partial charge in [-0.25, -0.2) is 0 Å². The molecule has 0 aliphatic carbocycles. The third kappa shape index (κ3) is 2.56. The molecule has 1 N–H and O–H groups in total. The number of hydrogen-bond donors (Lipinski definition) is 1. The molecule has 1 aromatic carbocycles. The highest BCUT2D eigenvalue weighted by Crippen LogP contribution is 2.19. The zero-order valence-corrected chi connectivity index (χ0v) is 11.9. The summed E-state index contributed by atoms with van der Waals surface area (Å²) in [6, 6.07) is 8.41. The Labute approximate surface area is 119 Å². The Bertz CT molecular complexity index is 597. The Morgan fingerprint density at radius 2 is 1.95 bits per heavy atom. The van der Waals surface area contributed by atoms with E-state index in [2.05, 4.69) is 40.3 Å². The van der Waals surface area contributed by atoms with E-state index in [0.717, 1.165) is 32.7 Å². The third-order valence-corrected chi connectivity index (χ3v) is 4.10. The zero-order chi connectivity index (χ0) is 13.9. The lowest BCUT2D eigenvalue weighted by Gasteiger charge is -2.34. The quantitative estimate of drug-likeness (QED) is 0.929. The van der Waals surface area contributed by atoms with E-state index < -0.39 is 0 Å². The average Bonchev–Trinajstić information content (AvgIpc) is 2.91. The minimum atomic E-state index is 0.275. The number of nitrogens with zero attached hydrogens (tertiary/aromatic N) is 2. The fourth-order valence-electron chi connectivity index (χ4n) is 2.88.